The first-order chi connectivity index (χ1) is 14.7. The van der Waals surface area contributed by atoms with Gasteiger partial charge in [-0.2, -0.15) is 0 Å². The summed E-state index contributed by atoms with van der Waals surface area (Å²) in [5.74, 6) is 0.624. The minimum absolute atomic E-state index is 0.174. The van der Waals surface area contributed by atoms with Crippen molar-refractivity contribution in [2.75, 3.05) is 20.2 Å². The first kappa shape index (κ1) is 19.3. The van der Waals surface area contributed by atoms with Crippen LogP contribution in [0, 0.1) is 5.82 Å². The zero-order valence-electron chi connectivity index (χ0n) is 17.2. The Kier molecular flexibility index (Phi) is 5.05. The molecule has 1 atom stereocenters. The molecule has 30 heavy (non-hydrogen) atoms. The molecule has 0 aromatic heterocycles. The highest BCUT2D eigenvalue weighted by Crippen LogP contribution is 2.52. The summed E-state index contributed by atoms with van der Waals surface area (Å²) in [6.45, 7) is 2.91. The molecule has 1 unspecified atom stereocenters. The van der Waals surface area contributed by atoms with Crippen molar-refractivity contribution in [2.24, 2.45) is 0 Å². The minimum Gasteiger partial charge on any atom is -0.497 e. The summed E-state index contributed by atoms with van der Waals surface area (Å²) in [5, 5.41) is 0. The number of rotatable bonds is 4. The topological polar surface area (TPSA) is 21.7 Å². The summed E-state index contributed by atoms with van der Waals surface area (Å²) in [7, 11) is 1.70. The van der Waals surface area contributed by atoms with Gasteiger partial charge in [0.05, 0.1) is 12.7 Å². The molecule has 2 aliphatic rings. The lowest BCUT2D eigenvalue weighted by atomic mass is 9.83. The minimum atomic E-state index is -0.323. The van der Waals surface area contributed by atoms with Crippen molar-refractivity contribution >= 4 is 0 Å². The average Bonchev–Trinajstić information content (AvgIpc) is 3.10. The highest BCUT2D eigenvalue weighted by molar-refractivity contribution is 5.47. The molecule has 0 saturated carbocycles. The largest absolute Gasteiger partial charge is 0.497 e. The molecule has 0 radical (unpaired) electrons. The molecule has 0 bridgehead atoms. The Morgan fingerprint density at radius 2 is 1.73 bits per heavy atom. The molecule has 2 heterocycles. The van der Waals surface area contributed by atoms with Gasteiger partial charge in [-0.05, 0) is 59.4 Å². The van der Waals surface area contributed by atoms with E-state index in [4.69, 9.17) is 9.47 Å². The maximum atomic E-state index is 13.5. The fourth-order valence-electron chi connectivity index (χ4n) is 4.82. The molecule has 0 N–H and O–H groups in total. The third-order valence-corrected chi connectivity index (χ3v) is 6.46. The summed E-state index contributed by atoms with van der Waals surface area (Å²) in [4.78, 5) is 2.50. The molecule has 4 heteroatoms. The number of benzene rings is 3. The van der Waals surface area contributed by atoms with Crippen LogP contribution in [0.5, 0.6) is 5.75 Å². The van der Waals surface area contributed by atoms with E-state index < -0.39 is 0 Å². The summed E-state index contributed by atoms with van der Waals surface area (Å²) in [6, 6.07) is 23.5. The van der Waals surface area contributed by atoms with Gasteiger partial charge in [0.1, 0.15) is 17.7 Å². The molecular weight excluding hydrogens is 377 g/mol. The zero-order valence-corrected chi connectivity index (χ0v) is 17.2. The van der Waals surface area contributed by atoms with Crippen LogP contribution < -0.4 is 4.74 Å². The van der Waals surface area contributed by atoms with Crippen LogP contribution in [-0.2, 0) is 16.9 Å². The number of likely N-dealkylation sites (tertiary alicyclic amines) is 1. The van der Waals surface area contributed by atoms with E-state index in [1.54, 1.807) is 7.11 Å². The van der Waals surface area contributed by atoms with Gasteiger partial charge in [-0.25, -0.2) is 4.39 Å². The van der Waals surface area contributed by atoms with E-state index in [0.29, 0.717) is 0 Å². The third kappa shape index (κ3) is 3.51. The van der Waals surface area contributed by atoms with Crippen molar-refractivity contribution in [3.8, 4) is 5.75 Å². The Hall–Kier alpha value is -2.69. The van der Waals surface area contributed by atoms with E-state index >= 15 is 0 Å². The summed E-state index contributed by atoms with van der Waals surface area (Å²) in [6.07, 6.45) is 1.68. The highest BCUT2D eigenvalue weighted by atomic mass is 19.1. The van der Waals surface area contributed by atoms with Crippen molar-refractivity contribution in [2.45, 2.75) is 31.1 Å². The summed E-state index contributed by atoms with van der Waals surface area (Å²) in [5.41, 5.74) is 4.39. The summed E-state index contributed by atoms with van der Waals surface area (Å²) >= 11 is 0. The summed E-state index contributed by atoms with van der Waals surface area (Å²) < 4.78 is 25.8. The van der Waals surface area contributed by atoms with Gasteiger partial charge >= 0.3 is 0 Å². The molecule has 1 saturated heterocycles. The van der Waals surface area contributed by atoms with E-state index in [9.17, 15) is 4.39 Å². The van der Waals surface area contributed by atoms with Crippen LogP contribution in [-0.4, -0.2) is 25.1 Å². The smallest absolute Gasteiger partial charge is 0.123 e. The Labute approximate surface area is 177 Å². The van der Waals surface area contributed by atoms with Crippen LogP contribution in [0.4, 0.5) is 4.39 Å². The van der Waals surface area contributed by atoms with Gasteiger partial charge in [0.2, 0.25) is 0 Å². The molecule has 0 aliphatic carbocycles. The lowest BCUT2D eigenvalue weighted by Crippen LogP contribution is -2.42. The Morgan fingerprint density at radius 1 is 1.00 bits per heavy atom. The lowest BCUT2D eigenvalue weighted by molar-refractivity contribution is -0.0978. The van der Waals surface area contributed by atoms with E-state index in [-0.39, 0.29) is 17.5 Å². The van der Waals surface area contributed by atoms with Gasteiger partial charge in [-0.3, -0.25) is 4.90 Å². The van der Waals surface area contributed by atoms with Gasteiger partial charge in [0.15, 0.2) is 0 Å². The Balaban J connectivity index is 1.42. The van der Waals surface area contributed by atoms with Crippen molar-refractivity contribution in [1.29, 1.82) is 0 Å². The number of fused-ring (bicyclic) bond motifs is 2. The van der Waals surface area contributed by atoms with Gasteiger partial charge in [-0.15, -0.1) is 0 Å². The zero-order chi connectivity index (χ0) is 20.6. The van der Waals surface area contributed by atoms with Crippen LogP contribution in [0.2, 0.25) is 0 Å². The van der Waals surface area contributed by atoms with Gasteiger partial charge in [0.25, 0.3) is 0 Å². The maximum Gasteiger partial charge on any atom is 0.123 e. The molecule has 0 amide bonds. The maximum absolute atomic E-state index is 13.5. The number of nitrogens with zero attached hydrogens (tertiary/aromatic N) is 1. The first-order valence-electron chi connectivity index (χ1n) is 10.5. The normalized spacial score (nSPS) is 20.3. The molecule has 154 valence electrons. The van der Waals surface area contributed by atoms with Gasteiger partial charge in [-0.1, -0.05) is 48.5 Å². The van der Waals surface area contributed by atoms with Gasteiger partial charge in [0, 0.05) is 19.6 Å². The number of hydrogen-bond acceptors (Lipinski definition) is 3. The number of piperidine rings is 1. The first-order valence-corrected chi connectivity index (χ1v) is 10.5. The second-order valence-electron chi connectivity index (χ2n) is 8.26. The van der Waals surface area contributed by atoms with E-state index in [0.717, 1.165) is 43.8 Å². The Morgan fingerprint density at radius 3 is 2.43 bits per heavy atom. The molecular formula is C26H26FNO2. The highest BCUT2D eigenvalue weighted by Gasteiger charge is 2.47. The van der Waals surface area contributed by atoms with Gasteiger partial charge < -0.3 is 9.47 Å². The SMILES string of the molecule is COc1ccc2c(c1)C1(CCN(Cc3ccccc3)CC1)OC2c1ccc(F)cc1. The standard InChI is InChI=1S/C26H26FNO2/c1-29-22-11-12-23-24(17-22)26(30-25(23)20-7-9-21(27)10-8-20)13-15-28(16-14-26)18-19-5-3-2-4-6-19/h2-12,17,25H,13-16,18H2,1H3. The monoisotopic (exact) mass is 403 g/mol. The molecule has 1 fully saturated rings. The van der Waals surface area contributed by atoms with E-state index in [1.165, 1.54) is 28.8 Å². The van der Waals surface area contributed by atoms with Crippen LogP contribution in [0.3, 0.4) is 0 Å². The number of hydrogen-bond donors (Lipinski definition) is 0. The van der Waals surface area contributed by atoms with Crippen LogP contribution in [0.1, 0.15) is 41.2 Å². The van der Waals surface area contributed by atoms with E-state index in [1.807, 2.05) is 18.2 Å². The predicted molar refractivity (Wildman–Crippen MR) is 115 cm³/mol. The van der Waals surface area contributed by atoms with Crippen molar-refractivity contribution in [3.63, 3.8) is 0 Å². The number of ether oxygens (including phenoxy) is 2. The number of methoxy groups -OCH3 is 1. The molecule has 1 spiro atoms. The molecule has 2 aliphatic heterocycles. The molecule has 5 rings (SSSR count). The Bertz CT molecular complexity index is 1010. The fourth-order valence-corrected chi connectivity index (χ4v) is 4.82. The average molecular weight is 403 g/mol. The van der Waals surface area contributed by atoms with Crippen LogP contribution in [0.15, 0.2) is 72.8 Å². The molecule has 3 nitrogen and oxygen atoms in total. The van der Waals surface area contributed by atoms with E-state index in [2.05, 4.69) is 47.4 Å². The fraction of sp³-hybridized carbons (Fsp3) is 0.308. The second kappa shape index (κ2) is 7.86. The second-order valence-corrected chi connectivity index (χ2v) is 8.26. The molecule has 3 aromatic carbocycles. The van der Waals surface area contributed by atoms with Crippen LogP contribution >= 0.6 is 0 Å². The quantitative estimate of drug-likeness (QED) is 0.579. The van der Waals surface area contributed by atoms with Crippen molar-refractivity contribution in [3.05, 3.63) is 101 Å². The molecule has 3 aromatic rings. The predicted octanol–water partition coefficient (Wildman–Crippen LogP) is 5.45. The third-order valence-electron chi connectivity index (χ3n) is 6.46. The van der Waals surface area contributed by atoms with Crippen LogP contribution in [0.25, 0.3) is 0 Å². The van der Waals surface area contributed by atoms with Crippen molar-refractivity contribution in [1.82, 2.24) is 4.90 Å². The lowest BCUT2D eigenvalue weighted by Gasteiger charge is -2.40. The number of halogens is 1. The van der Waals surface area contributed by atoms with Crippen molar-refractivity contribution < 1.29 is 13.9 Å².